The van der Waals surface area contributed by atoms with Gasteiger partial charge in [-0.25, -0.2) is 9.59 Å². The first kappa shape index (κ1) is 14.9. The molecule has 19 heavy (non-hydrogen) atoms. The van der Waals surface area contributed by atoms with Crippen molar-refractivity contribution in [1.82, 2.24) is 15.2 Å². The topological polar surface area (TPSA) is 82.5 Å². The number of carboxylic acids is 1. The zero-order valence-corrected chi connectivity index (χ0v) is 11.2. The van der Waals surface area contributed by atoms with Crippen LogP contribution in [0.3, 0.4) is 0 Å². The molecule has 0 spiro atoms. The van der Waals surface area contributed by atoms with Crippen molar-refractivity contribution in [2.24, 2.45) is 0 Å². The van der Waals surface area contributed by atoms with Crippen LogP contribution in [-0.4, -0.2) is 40.6 Å². The number of unbranched alkanes of at least 4 members (excludes halogenated alkanes) is 1. The van der Waals surface area contributed by atoms with E-state index in [9.17, 15) is 9.59 Å². The second kappa shape index (κ2) is 7.35. The Morgan fingerprint density at radius 2 is 2.21 bits per heavy atom. The summed E-state index contributed by atoms with van der Waals surface area (Å²) in [5, 5.41) is 11.6. The van der Waals surface area contributed by atoms with Crippen molar-refractivity contribution in [3.05, 3.63) is 29.6 Å². The Kier molecular flexibility index (Phi) is 5.78. The molecule has 0 aliphatic rings. The van der Waals surface area contributed by atoms with E-state index >= 15 is 0 Å². The molecule has 6 nitrogen and oxygen atoms in total. The summed E-state index contributed by atoms with van der Waals surface area (Å²) in [5.41, 5.74) is 0.690. The number of pyridine rings is 1. The van der Waals surface area contributed by atoms with E-state index in [4.69, 9.17) is 5.11 Å². The standard InChI is InChI=1S/C13H19N3O3/c1-3-4-7-16(2)13(19)15-9-11-8-10(12(17)18)5-6-14-11/h5-6,8H,3-4,7,9H2,1-2H3,(H,15,19)(H,17,18). The molecule has 1 aromatic rings. The minimum atomic E-state index is -1.00. The van der Waals surface area contributed by atoms with Gasteiger partial charge < -0.3 is 15.3 Å². The lowest BCUT2D eigenvalue weighted by atomic mass is 10.2. The summed E-state index contributed by atoms with van der Waals surface area (Å²) >= 11 is 0. The van der Waals surface area contributed by atoms with Crippen molar-refractivity contribution in [1.29, 1.82) is 0 Å². The van der Waals surface area contributed by atoms with E-state index in [0.717, 1.165) is 12.8 Å². The Bertz CT molecular complexity index is 449. The summed E-state index contributed by atoms with van der Waals surface area (Å²) in [6, 6.07) is 2.69. The van der Waals surface area contributed by atoms with Gasteiger partial charge in [-0.15, -0.1) is 0 Å². The third kappa shape index (κ3) is 4.95. The Balaban J connectivity index is 2.50. The molecule has 0 aliphatic carbocycles. The molecular formula is C13H19N3O3. The zero-order chi connectivity index (χ0) is 14.3. The van der Waals surface area contributed by atoms with Gasteiger partial charge in [-0.3, -0.25) is 4.98 Å². The summed E-state index contributed by atoms with van der Waals surface area (Å²) in [7, 11) is 1.73. The second-order valence-corrected chi connectivity index (χ2v) is 4.27. The van der Waals surface area contributed by atoms with Gasteiger partial charge >= 0.3 is 12.0 Å². The van der Waals surface area contributed by atoms with Crippen LogP contribution >= 0.6 is 0 Å². The third-order valence-corrected chi connectivity index (χ3v) is 2.68. The number of carbonyl (C=O) groups is 2. The molecule has 0 aliphatic heterocycles. The lowest BCUT2D eigenvalue weighted by Gasteiger charge is -2.17. The minimum Gasteiger partial charge on any atom is -0.478 e. The molecule has 0 unspecified atom stereocenters. The van der Waals surface area contributed by atoms with Gasteiger partial charge in [-0.05, 0) is 18.6 Å². The average Bonchev–Trinajstić information content (AvgIpc) is 2.42. The molecule has 6 heteroatoms. The largest absolute Gasteiger partial charge is 0.478 e. The number of amides is 2. The van der Waals surface area contributed by atoms with E-state index < -0.39 is 5.97 Å². The van der Waals surface area contributed by atoms with Crippen LogP contribution in [0.5, 0.6) is 0 Å². The van der Waals surface area contributed by atoms with Crippen molar-refractivity contribution in [2.45, 2.75) is 26.3 Å². The predicted molar refractivity (Wildman–Crippen MR) is 71.0 cm³/mol. The zero-order valence-electron chi connectivity index (χ0n) is 11.2. The van der Waals surface area contributed by atoms with Crippen LogP contribution in [0.15, 0.2) is 18.3 Å². The summed E-state index contributed by atoms with van der Waals surface area (Å²) in [4.78, 5) is 28.1. The van der Waals surface area contributed by atoms with Crippen molar-refractivity contribution in [3.8, 4) is 0 Å². The average molecular weight is 265 g/mol. The molecule has 0 fully saturated rings. The maximum atomic E-state index is 11.7. The lowest BCUT2D eigenvalue weighted by Crippen LogP contribution is -2.37. The quantitative estimate of drug-likeness (QED) is 0.820. The first-order valence-electron chi connectivity index (χ1n) is 6.21. The molecule has 0 radical (unpaired) electrons. The van der Waals surface area contributed by atoms with E-state index in [1.807, 2.05) is 0 Å². The maximum absolute atomic E-state index is 11.7. The molecule has 2 amide bonds. The molecule has 0 bridgehead atoms. The van der Waals surface area contributed by atoms with Crippen molar-refractivity contribution in [2.75, 3.05) is 13.6 Å². The Morgan fingerprint density at radius 3 is 2.84 bits per heavy atom. The highest BCUT2D eigenvalue weighted by atomic mass is 16.4. The van der Waals surface area contributed by atoms with Gasteiger partial charge in [0.25, 0.3) is 0 Å². The summed E-state index contributed by atoms with van der Waals surface area (Å²) in [6.45, 7) is 2.98. The predicted octanol–water partition coefficient (Wildman–Crippen LogP) is 1.72. The monoisotopic (exact) mass is 265 g/mol. The molecule has 0 aromatic carbocycles. The van der Waals surface area contributed by atoms with E-state index in [1.165, 1.54) is 18.3 Å². The van der Waals surface area contributed by atoms with Crippen LogP contribution < -0.4 is 5.32 Å². The van der Waals surface area contributed by atoms with Gasteiger partial charge in [0.15, 0.2) is 0 Å². The van der Waals surface area contributed by atoms with Gasteiger partial charge in [0, 0.05) is 19.8 Å². The molecular weight excluding hydrogens is 246 g/mol. The van der Waals surface area contributed by atoms with Crippen LogP contribution in [0.25, 0.3) is 0 Å². The number of hydrogen-bond acceptors (Lipinski definition) is 3. The fraction of sp³-hybridized carbons (Fsp3) is 0.462. The first-order chi connectivity index (χ1) is 9.04. The normalized spacial score (nSPS) is 10.0. The van der Waals surface area contributed by atoms with Gasteiger partial charge in [0.1, 0.15) is 0 Å². The van der Waals surface area contributed by atoms with E-state index in [1.54, 1.807) is 11.9 Å². The number of urea groups is 1. The summed E-state index contributed by atoms with van der Waals surface area (Å²) in [6.07, 6.45) is 3.41. The molecule has 0 saturated heterocycles. The van der Waals surface area contributed by atoms with Crippen LogP contribution in [0.4, 0.5) is 4.79 Å². The number of carboxylic acid groups (broad SMARTS) is 1. The van der Waals surface area contributed by atoms with Crippen LogP contribution in [0, 0.1) is 0 Å². The number of nitrogens with one attached hydrogen (secondary N) is 1. The minimum absolute atomic E-state index is 0.165. The molecule has 1 aromatic heterocycles. The summed E-state index contributed by atoms with van der Waals surface area (Å²) in [5.74, 6) is -1.00. The molecule has 2 N–H and O–H groups in total. The molecule has 1 heterocycles. The van der Waals surface area contributed by atoms with Crippen LogP contribution in [-0.2, 0) is 6.54 Å². The number of aromatic nitrogens is 1. The SMILES string of the molecule is CCCCN(C)C(=O)NCc1cc(C(=O)O)ccn1. The van der Waals surface area contributed by atoms with Crippen molar-refractivity contribution in [3.63, 3.8) is 0 Å². The Hall–Kier alpha value is -2.11. The van der Waals surface area contributed by atoms with E-state index in [2.05, 4.69) is 17.2 Å². The van der Waals surface area contributed by atoms with Gasteiger partial charge in [0.05, 0.1) is 17.8 Å². The highest BCUT2D eigenvalue weighted by Gasteiger charge is 2.08. The van der Waals surface area contributed by atoms with Gasteiger partial charge in [-0.2, -0.15) is 0 Å². The second-order valence-electron chi connectivity index (χ2n) is 4.27. The molecule has 0 saturated carbocycles. The fourth-order valence-corrected chi connectivity index (χ4v) is 1.51. The first-order valence-corrected chi connectivity index (χ1v) is 6.21. The lowest BCUT2D eigenvalue weighted by molar-refractivity contribution is 0.0696. The van der Waals surface area contributed by atoms with Gasteiger partial charge in [0.2, 0.25) is 0 Å². The Labute approximate surface area is 112 Å². The van der Waals surface area contributed by atoms with Crippen LogP contribution in [0.2, 0.25) is 0 Å². The smallest absolute Gasteiger partial charge is 0.335 e. The van der Waals surface area contributed by atoms with Gasteiger partial charge in [-0.1, -0.05) is 13.3 Å². The fourth-order valence-electron chi connectivity index (χ4n) is 1.51. The van der Waals surface area contributed by atoms with E-state index in [0.29, 0.717) is 12.2 Å². The molecule has 1 rings (SSSR count). The summed E-state index contributed by atoms with van der Waals surface area (Å²) < 4.78 is 0. The number of aromatic carboxylic acids is 1. The van der Waals surface area contributed by atoms with Crippen LogP contribution in [0.1, 0.15) is 35.8 Å². The number of carbonyl (C=O) groups excluding carboxylic acids is 1. The number of hydrogen-bond donors (Lipinski definition) is 2. The molecule has 0 atom stereocenters. The van der Waals surface area contributed by atoms with E-state index in [-0.39, 0.29) is 18.1 Å². The number of rotatable bonds is 6. The Morgan fingerprint density at radius 1 is 1.47 bits per heavy atom. The maximum Gasteiger partial charge on any atom is 0.335 e. The number of nitrogens with zero attached hydrogens (tertiary/aromatic N) is 2. The highest BCUT2D eigenvalue weighted by Crippen LogP contribution is 2.02. The highest BCUT2D eigenvalue weighted by molar-refractivity contribution is 5.87. The van der Waals surface area contributed by atoms with Crippen molar-refractivity contribution >= 4 is 12.0 Å². The van der Waals surface area contributed by atoms with Crippen molar-refractivity contribution < 1.29 is 14.7 Å². The molecule has 104 valence electrons. The third-order valence-electron chi connectivity index (χ3n) is 2.68.